The SMILES string of the molecule is CCCCCCCCCC(=O)N1CCN(c2cc(Oc3ccc(Cl)cc3F)ncn2)CC1C. The van der Waals surface area contributed by atoms with E-state index in [1.807, 2.05) is 4.90 Å². The maximum Gasteiger partial charge on any atom is 0.224 e. The average molecular weight is 477 g/mol. The second-order valence-electron chi connectivity index (χ2n) is 8.64. The maximum atomic E-state index is 14.0. The van der Waals surface area contributed by atoms with Crippen molar-refractivity contribution < 1.29 is 13.9 Å². The molecule has 0 aliphatic carbocycles. The van der Waals surface area contributed by atoms with E-state index in [0.717, 1.165) is 12.8 Å². The van der Waals surface area contributed by atoms with Gasteiger partial charge in [-0.15, -0.1) is 0 Å². The number of anilines is 1. The van der Waals surface area contributed by atoms with Crippen molar-refractivity contribution in [2.24, 2.45) is 0 Å². The van der Waals surface area contributed by atoms with E-state index >= 15 is 0 Å². The number of rotatable bonds is 11. The van der Waals surface area contributed by atoms with Gasteiger partial charge in [-0.2, -0.15) is 0 Å². The predicted molar refractivity (Wildman–Crippen MR) is 130 cm³/mol. The quantitative estimate of drug-likeness (QED) is 0.359. The Bertz CT molecular complexity index is 914. The number of hydrogen-bond acceptors (Lipinski definition) is 5. The van der Waals surface area contributed by atoms with E-state index in [9.17, 15) is 9.18 Å². The Morgan fingerprint density at radius 1 is 1.12 bits per heavy atom. The third-order valence-electron chi connectivity index (χ3n) is 6.00. The zero-order chi connectivity index (χ0) is 23.6. The minimum Gasteiger partial charge on any atom is -0.436 e. The number of unbranched alkanes of at least 4 members (excludes halogenated alkanes) is 6. The molecular weight excluding hydrogens is 443 g/mol. The van der Waals surface area contributed by atoms with Crippen molar-refractivity contribution >= 4 is 23.3 Å². The first-order valence-corrected chi connectivity index (χ1v) is 12.3. The molecule has 0 bridgehead atoms. The number of carbonyl (C=O) groups is 1. The van der Waals surface area contributed by atoms with Crippen LogP contribution in [0.4, 0.5) is 10.2 Å². The molecule has 1 aliphatic heterocycles. The topological polar surface area (TPSA) is 58.6 Å². The van der Waals surface area contributed by atoms with Gasteiger partial charge < -0.3 is 14.5 Å². The summed E-state index contributed by atoms with van der Waals surface area (Å²) in [5.41, 5.74) is 0. The highest BCUT2D eigenvalue weighted by Crippen LogP contribution is 2.27. The van der Waals surface area contributed by atoms with Crippen LogP contribution in [0.3, 0.4) is 0 Å². The van der Waals surface area contributed by atoms with Crippen LogP contribution in [0.2, 0.25) is 5.02 Å². The smallest absolute Gasteiger partial charge is 0.224 e. The van der Waals surface area contributed by atoms with Gasteiger partial charge in [-0.3, -0.25) is 4.79 Å². The number of hydrogen-bond donors (Lipinski definition) is 0. The number of aromatic nitrogens is 2. The molecule has 1 atom stereocenters. The molecule has 0 radical (unpaired) electrons. The monoisotopic (exact) mass is 476 g/mol. The predicted octanol–water partition coefficient (Wildman–Crippen LogP) is 6.24. The van der Waals surface area contributed by atoms with Crippen LogP contribution < -0.4 is 9.64 Å². The van der Waals surface area contributed by atoms with E-state index in [2.05, 4.69) is 28.7 Å². The van der Waals surface area contributed by atoms with E-state index < -0.39 is 5.82 Å². The summed E-state index contributed by atoms with van der Waals surface area (Å²) in [6, 6.07) is 6.01. The zero-order valence-corrected chi connectivity index (χ0v) is 20.4. The molecule has 33 heavy (non-hydrogen) atoms. The summed E-state index contributed by atoms with van der Waals surface area (Å²) >= 11 is 5.80. The molecule has 1 aromatic heterocycles. The molecule has 3 rings (SSSR count). The molecule has 2 aromatic rings. The van der Waals surface area contributed by atoms with Crippen molar-refractivity contribution in [1.29, 1.82) is 0 Å². The molecular formula is C25H34ClFN4O2. The van der Waals surface area contributed by atoms with Gasteiger partial charge in [0.05, 0.1) is 0 Å². The van der Waals surface area contributed by atoms with Gasteiger partial charge in [-0.25, -0.2) is 14.4 Å². The molecule has 8 heteroatoms. The van der Waals surface area contributed by atoms with Crippen LogP contribution in [0.1, 0.15) is 65.2 Å². The van der Waals surface area contributed by atoms with Gasteiger partial charge in [0.15, 0.2) is 11.6 Å². The van der Waals surface area contributed by atoms with E-state index in [1.54, 1.807) is 12.1 Å². The van der Waals surface area contributed by atoms with Gasteiger partial charge in [0, 0.05) is 43.2 Å². The highest BCUT2D eigenvalue weighted by atomic mass is 35.5. The second-order valence-corrected chi connectivity index (χ2v) is 9.08. The summed E-state index contributed by atoms with van der Waals surface area (Å²) in [4.78, 5) is 25.3. The van der Waals surface area contributed by atoms with E-state index in [-0.39, 0.29) is 23.6 Å². The first-order chi connectivity index (χ1) is 16.0. The van der Waals surface area contributed by atoms with Crippen LogP contribution in [0.25, 0.3) is 0 Å². The summed E-state index contributed by atoms with van der Waals surface area (Å²) in [7, 11) is 0. The molecule has 6 nitrogen and oxygen atoms in total. The Morgan fingerprint density at radius 2 is 1.88 bits per heavy atom. The second kappa shape index (κ2) is 12.7. The van der Waals surface area contributed by atoms with Crippen molar-refractivity contribution in [3.63, 3.8) is 0 Å². The first-order valence-electron chi connectivity index (χ1n) is 12.0. The molecule has 0 saturated carbocycles. The van der Waals surface area contributed by atoms with Crippen molar-refractivity contribution in [1.82, 2.24) is 14.9 Å². The van der Waals surface area contributed by atoms with Crippen LogP contribution in [-0.2, 0) is 4.79 Å². The van der Waals surface area contributed by atoms with Crippen LogP contribution in [0.5, 0.6) is 11.6 Å². The standard InChI is InChI=1S/C25H34ClFN4O2/c1-3-4-5-6-7-8-9-10-25(32)31-14-13-30(17-19(31)2)23-16-24(29-18-28-23)33-22-12-11-20(26)15-21(22)27/h11-12,15-16,18-19H,3-10,13-14,17H2,1-2H3. The number of nitrogens with zero attached hydrogens (tertiary/aromatic N) is 4. The normalized spacial score (nSPS) is 16.2. The number of carbonyl (C=O) groups excluding carboxylic acids is 1. The van der Waals surface area contributed by atoms with E-state index in [1.165, 1.54) is 50.6 Å². The zero-order valence-electron chi connectivity index (χ0n) is 19.6. The molecule has 1 unspecified atom stereocenters. The van der Waals surface area contributed by atoms with E-state index in [0.29, 0.717) is 36.9 Å². The minimum absolute atomic E-state index is 0.0539. The Kier molecular flexibility index (Phi) is 9.73. The number of halogens is 2. The van der Waals surface area contributed by atoms with E-state index in [4.69, 9.17) is 16.3 Å². The molecule has 1 aromatic carbocycles. The fourth-order valence-corrected chi connectivity index (χ4v) is 4.30. The van der Waals surface area contributed by atoms with Crippen LogP contribution in [-0.4, -0.2) is 46.5 Å². The third kappa shape index (κ3) is 7.56. The number of ether oxygens (including phenoxy) is 1. The third-order valence-corrected chi connectivity index (χ3v) is 6.24. The Hall–Kier alpha value is -2.41. The van der Waals surface area contributed by atoms with Crippen LogP contribution >= 0.6 is 11.6 Å². The maximum absolute atomic E-state index is 14.0. The number of benzene rings is 1. The van der Waals surface area contributed by atoms with Gasteiger partial charge in [0.1, 0.15) is 12.1 Å². The fourth-order valence-electron chi connectivity index (χ4n) is 4.14. The highest BCUT2D eigenvalue weighted by molar-refractivity contribution is 6.30. The van der Waals surface area contributed by atoms with Gasteiger partial charge in [-0.05, 0) is 31.5 Å². The van der Waals surface area contributed by atoms with Crippen molar-refractivity contribution in [3.05, 3.63) is 41.4 Å². The summed E-state index contributed by atoms with van der Waals surface area (Å²) in [5, 5.41) is 0.302. The molecule has 2 heterocycles. The molecule has 1 amide bonds. The van der Waals surface area contributed by atoms with Gasteiger partial charge in [0.2, 0.25) is 11.8 Å². The molecule has 0 spiro atoms. The Morgan fingerprint density at radius 3 is 2.61 bits per heavy atom. The molecule has 0 N–H and O–H groups in total. The summed E-state index contributed by atoms with van der Waals surface area (Å²) in [6.45, 7) is 6.30. The highest BCUT2D eigenvalue weighted by Gasteiger charge is 2.28. The lowest BCUT2D eigenvalue weighted by Gasteiger charge is -2.40. The minimum atomic E-state index is -0.552. The molecule has 1 fully saturated rings. The first kappa shape index (κ1) is 25.2. The van der Waals surface area contributed by atoms with Gasteiger partial charge in [-0.1, -0.05) is 57.0 Å². The summed E-state index contributed by atoms with van der Waals surface area (Å²) in [5.74, 6) is 0.690. The lowest BCUT2D eigenvalue weighted by molar-refractivity contribution is -0.133. The van der Waals surface area contributed by atoms with Crippen molar-refractivity contribution in [3.8, 4) is 11.6 Å². The van der Waals surface area contributed by atoms with Gasteiger partial charge in [0.25, 0.3) is 0 Å². The number of piperazine rings is 1. The van der Waals surface area contributed by atoms with Gasteiger partial charge >= 0.3 is 0 Å². The summed E-state index contributed by atoms with van der Waals surface area (Å²) in [6.07, 6.45) is 10.5. The fraction of sp³-hybridized carbons (Fsp3) is 0.560. The largest absolute Gasteiger partial charge is 0.436 e. The molecule has 1 saturated heterocycles. The van der Waals surface area contributed by atoms with Crippen molar-refractivity contribution in [2.75, 3.05) is 24.5 Å². The Balaban J connectivity index is 1.49. The summed E-state index contributed by atoms with van der Waals surface area (Å²) < 4.78 is 19.6. The number of amides is 1. The molecule has 1 aliphatic rings. The van der Waals surface area contributed by atoms with Crippen molar-refractivity contribution in [2.45, 2.75) is 71.3 Å². The van der Waals surface area contributed by atoms with Crippen LogP contribution in [0.15, 0.2) is 30.6 Å². The van der Waals surface area contributed by atoms with Crippen LogP contribution in [0, 0.1) is 5.82 Å². The average Bonchev–Trinajstić information content (AvgIpc) is 2.80. The molecule has 180 valence electrons. The lowest BCUT2D eigenvalue weighted by atomic mass is 10.1. The lowest BCUT2D eigenvalue weighted by Crippen LogP contribution is -2.54. The Labute approximate surface area is 201 Å².